The number of nitriles is 1. The number of anilines is 1. The maximum atomic E-state index is 11.6. The van der Waals surface area contributed by atoms with Gasteiger partial charge in [0.05, 0.1) is 11.6 Å². The molecule has 0 saturated heterocycles. The number of rotatable bonds is 6. The van der Waals surface area contributed by atoms with Gasteiger partial charge in [-0.05, 0) is 36.6 Å². The fourth-order valence-electron chi connectivity index (χ4n) is 1.45. The van der Waals surface area contributed by atoms with Crippen molar-refractivity contribution in [2.24, 2.45) is 5.92 Å². The Balaban J connectivity index is 2.32. The minimum absolute atomic E-state index is 0.295. The second kappa shape index (κ2) is 7.95. The third-order valence-corrected chi connectivity index (χ3v) is 2.59. The van der Waals surface area contributed by atoms with E-state index in [4.69, 9.17) is 10.00 Å². The maximum absolute atomic E-state index is 11.6. The van der Waals surface area contributed by atoms with E-state index in [1.165, 1.54) is 0 Å². The van der Waals surface area contributed by atoms with Gasteiger partial charge in [0, 0.05) is 12.1 Å². The molecular formula is C15H18N2O3. The molecule has 0 atom stereocenters. The first-order valence-corrected chi connectivity index (χ1v) is 6.47. The molecule has 5 nitrogen and oxygen atoms in total. The Kier molecular flexibility index (Phi) is 6.24. The Bertz CT molecular complexity index is 501. The summed E-state index contributed by atoms with van der Waals surface area (Å²) >= 11 is 0. The van der Waals surface area contributed by atoms with Gasteiger partial charge in [-0.2, -0.15) is 5.26 Å². The number of ether oxygens (including phenoxy) is 1. The van der Waals surface area contributed by atoms with E-state index in [0.29, 0.717) is 23.6 Å². The van der Waals surface area contributed by atoms with Gasteiger partial charge in [0.1, 0.15) is 0 Å². The summed E-state index contributed by atoms with van der Waals surface area (Å²) in [6.07, 6.45) is 1.07. The minimum atomic E-state index is -0.396. The lowest BCUT2D eigenvalue weighted by Crippen LogP contribution is -2.20. The van der Waals surface area contributed by atoms with E-state index < -0.39 is 5.91 Å². The van der Waals surface area contributed by atoms with Gasteiger partial charge in [-0.3, -0.25) is 9.59 Å². The van der Waals surface area contributed by atoms with Gasteiger partial charge in [0.25, 0.3) is 5.91 Å². The molecule has 1 rings (SSSR count). The van der Waals surface area contributed by atoms with Gasteiger partial charge in [-0.15, -0.1) is 0 Å². The van der Waals surface area contributed by atoms with Crippen LogP contribution in [0, 0.1) is 17.2 Å². The number of carbonyl (C=O) groups excluding carboxylic acids is 2. The molecule has 0 unspecified atom stereocenters. The normalized spacial score (nSPS) is 9.90. The first-order chi connectivity index (χ1) is 9.51. The average molecular weight is 274 g/mol. The van der Waals surface area contributed by atoms with Crippen LogP contribution in [-0.2, 0) is 14.3 Å². The Hall–Kier alpha value is -2.35. The summed E-state index contributed by atoms with van der Waals surface area (Å²) in [5, 5.41) is 11.2. The van der Waals surface area contributed by atoms with Gasteiger partial charge in [-0.1, -0.05) is 13.8 Å². The van der Waals surface area contributed by atoms with E-state index >= 15 is 0 Å². The molecule has 0 saturated carbocycles. The maximum Gasteiger partial charge on any atom is 0.306 e. The van der Waals surface area contributed by atoms with Crippen molar-refractivity contribution in [2.45, 2.75) is 26.7 Å². The summed E-state index contributed by atoms with van der Waals surface area (Å²) in [4.78, 5) is 22.9. The van der Waals surface area contributed by atoms with Crippen LogP contribution in [0.15, 0.2) is 24.3 Å². The van der Waals surface area contributed by atoms with Crippen molar-refractivity contribution < 1.29 is 14.3 Å². The third kappa shape index (κ3) is 6.01. The fraction of sp³-hybridized carbons (Fsp3) is 0.400. The molecule has 0 aliphatic carbocycles. The highest BCUT2D eigenvalue weighted by Gasteiger charge is 2.08. The quantitative estimate of drug-likeness (QED) is 0.808. The lowest BCUT2D eigenvalue weighted by molar-refractivity contribution is -0.147. The second-order valence-corrected chi connectivity index (χ2v) is 4.83. The molecule has 5 heteroatoms. The lowest BCUT2D eigenvalue weighted by Gasteiger charge is -2.07. The first kappa shape index (κ1) is 15.7. The average Bonchev–Trinajstić information content (AvgIpc) is 2.43. The molecule has 0 bridgehead atoms. The molecule has 1 N–H and O–H groups in total. The Morgan fingerprint density at radius 3 is 2.50 bits per heavy atom. The summed E-state index contributed by atoms with van der Waals surface area (Å²) in [6, 6.07) is 8.44. The van der Waals surface area contributed by atoms with E-state index in [1.807, 2.05) is 19.9 Å². The molecule has 0 spiro atoms. The van der Waals surface area contributed by atoms with Crippen molar-refractivity contribution >= 4 is 17.6 Å². The van der Waals surface area contributed by atoms with E-state index in [2.05, 4.69) is 5.32 Å². The van der Waals surface area contributed by atoms with Crippen LogP contribution in [0.1, 0.15) is 32.3 Å². The molecule has 20 heavy (non-hydrogen) atoms. The van der Waals surface area contributed by atoms with Crippen LogP contribution >= 0.6 is 0 Å². The first-order valence-electron chi connectivity index (χ1n) is 6.47. The molecular weight excluding hydrogens is 256 g/mol. The smallest absolute Gasteiger partial charge is 0.306 e. The molecule has 0 heterocycles. The third-order valence-electron chi connectivity index (χ3n) is 2.59. The van der Waals surface area contributed by atoms with Crippen molar-refractivity contribution in [1.29, 1.82) is 5.26 Å². The van der Waals surface area contributed by atoms with Crippen LogP contribution in [-0.4, -0.2) is 18.5 Å². The molecule has 0 fully saturated rings. The van der Waals surface area contributed by atoms with E-state index in [9.17, 15) is 9.59 Å². The largest absolute Gasteiger partial charge is 0.456 e. The molecule has 1 aromatic rings. The molecule has 0 aliphatic rings. The topological polar surface area (TPSA) is 79.2 Å². The summed E-state index contributed by atoms with van der Waals surface area (Å²) in [7, 11) is 0. The predicted octanol–water partition coefficient (Wildman–Crippen LogP) is 2.48. The van der Waals surface area contributed by atoms with E-state index in [0.717, 1.165) is 6.42 Å². The Morgan fingerprint density at radius 1 is 1.30 bits per heavy atom. The number of nitrogens with zero attached hydrogens (tertiary/aromatic N) is 1. The van der Waals surface area contributed by atoms with Crippen molar-refractivity contribution in [3.63, 3.8) is 0 Å². The summed E-state index contributed by atoms with van der Waals surface area (Å²) in [5.41, 5.74) is 1.08. The second-order valence-electron chi connectivity index (χ2n) is 4.83. The molecule has 0 radical (unpaired) electrons. The number of esters is 1. The fourth-order valence-corrected chi connectivity index (χ4v) is 1.45. The highest BCUT2D eigenvalue weighted by molar-refractivity contribution is 5.92. The van der Waals surface area contributed by atoms with Gasteiger partial charge in [-0.25, -0.2) is 0 Å². The van der Waals surface area contributed by atoms with E-state index in [-0.39, 0.29) is 12.6 Å². The van der Waals surface area contributed by atoms with Crippen molar-refractivity contribution in [3.8, 4) is 6.07 Å². The van der Waals surface area contributed by atoms with Crippen LogP contribution in [0.25, 0.3) is 0 Å². The van der Waals surface area contributed by atoms with Crippen molar-refractivity contribution in [1.82, 2.24) is 0 Å². The molecule has 1 aromatic carbocycles. The highest BCUT2D eigenvalue weighted by atomic mass is 16.5. The van der Waals surface area contributed by atoms with Crippen LogP contribution in [0.3, 0.4) is 0 Å². The van der Waals surface area contributed by atoms with Gasteiger partial charge < -0.3 is 10.1 Å². The summed E-state index contributed by atoms with van der Waals surface area (Å²) < 4.78 is 4.87. The summed E-state index contributed by atoms with van der Waals surface area (Å²) in [5.74, 6) is -0.337. The van der Waals surface area contributed by atoms with Crippen LogP contribution in [0.2, 0.25) is 0 Å². The molecule has 0 aliphatic heterocycles. The lowest BCUT2D eigenvalue weighted by atomic mass is 10.1. The zero-order valence-corrected chi connectivity index (χ0v) is 11.7. The van der Waals surface area contributed by atoms with Crippen molar-refractivity contribution in [2.75, 3.05) is 11.9 Å². The van der Waals surface area contributed by atoms with Crippen LogP contribution in [0.5, 0.6) is 0 Å². The molecule has 1 amide bonds. The molecule has 106 valence electrons. The minimum Gasteiger partial charge on any atom is -0.456 e. The van der Waals surface area contributed by atoms with Crippen molar-refractivity contribution in [3.05, 3.63) is 29.8 Å². The van der Waals surface area contributed by atoms with Gasteiger partial charge in [0.2, 0.25) is 0 Å². The van der Waals surface area contributed by atoms with Gasteiger partial charge in [0.15, 0.2) is 6.61 Å². The predicted molar refractivity (Wildman–Crippen MR) is 74.8 cm³/mol. The monoisotopic (exact) mass is 274 g/mol. The summed E-state index contributed by atoms with van der Waals surface area (Å²) in [6.45, 7) is 3.74. The van der Waals surface area contributed by atoms with E-state index in [1.54, 1.807) is 24.3 Å². The SMILES string of the molecule is CC(C)CCC(=O)OCC(=O)Nc1ccc(C#N)cc1. The number of carbonyl (C=O) groups is 2. The van der Waals surface area contributed by atoms with Crippen LogP contribution < -0.4 is 5.32 Å². The van der Waals surface area contributed by atoms with Gasteiger partial charge >= 0.3 is 5.97 Å². The highest BCUT2D eigenvalue weighted by Crippen LogP contribution is 2.09. The number of hydrogen-bond donors (Lipinski definition) is 1. The number of nitrogens with one attached hydrogen (secondary N) is 1. The zero-order valence-electron chi connectivity index (χ0n) is 11.7. The number of amides is 1. The Morgan fingerprint density at radius 2 is 1.95 bits per heavy atom. The Labute approximate surface area is 118 Å². The number of hydrogen-bond acceptors (Lipinski definition) is 4. The van der Waals surface area contributed by atoms with Crippen LogP contribution in [0.4, 0.5) is 5.69 Å². The molecule has 0 aromatic heterocycles. The number of benzene rings is 1. The zero-order chi connectivity index (χ0) is 15.0. The standard InChI is InChI=1S/C15H18N2O3/c1-11(2)3-8-15(19)20-10-14(18)17-13-6-4-12(9-16)5-7-13/h4-7,11H,3,8,10H2,1-2H3,(H,17,18).